The molecule has 0 aliphatic rings. The largest absolute Gasteiger partial charge is 0.494 e. The molecule has 0 saturated heterocycles. The first-order chi connectivity index (χ1) is 11.5. The molecule has 126 valence electrons. The van der Waals surface area contributed by atoms with Crippen LogP contribution in [0.3, 0.4) is 0 Å². The summed E-state index contributed by atoms with van der Waals surface area (Å²) in [5.41, 5.74) is 0.929. The van der Waals surface area contributed by atoms with Crippen LogP contribution >= 0.6 is 11.6 Å². The number of carbonyl (C=O) groups is 2. The van der Waals surface area contributed by atoms with Crippen LogP contribution in [0, 0.1) is 0 Å². The number of halogens is 1. The van der Waals surface area contributed by atoms with E-state index in [1.54, 1.807) is 48.5 Å². The van der Waals surface area contributed by atoms with E-state index in [0.29, 0.717) is 22.9 Å². The van der Waals surface area contributed by atoms with Crippen molar-refractivity contribution in [2.75, 3.05) is 11.9 Å². The minimum absolute atomic E-state index is 0.333. The van der Waals surface area contributed by atoms with Crippen molar-refractivity contribution in [1.29, 1.82) is 0 Å². The minimum Gasteiger partial charge on any atom is -0.494 e. The van der Waals surface area contributed by atoms with Crippen molar-refractivity contribution >= 4 is 29.2 Å². The molecule has 0 fully saturated rings. The Labute approximate surface area is 145 Å². The molecule has 0 aromatic heterocycles. The normalized spacial score (nSPS) is 11.5. The fourth-order valence-corrected chi connectivity index (χ4v) is 2.04. The molecule has 0 aliphatic carbocycles. The summed E-state index contributed by atoms with van der Waals surface area (Å²) in [6, 6.07) is 13.2. The summed E-state index contributed by atoms with van der Waals surface area (Å²) in [4.78, 5) is 24.1. The lowest BCUT2D eigenvalue weighted by molar-refractivity contribution is -0.123. The SMILES string of the molecule is CCOc1ccc(NC(=O)[C@H](C)OC(=O)c2ccc(Cl)cc2)cc1. The molecular weight excluding hydrogens is 330 g/mol. The second-order valence-electron chi connectivity index (χ2n) is 5.00. The van der Waals surface area contributed by atoms with Crippen molar-refractivity contribution in [2.45, 2.75) is 20.0 Å². The monoisotopic (exact) mass is 347 g/mol. The Hall–Kier alpha value is -2.53. The Bertz CT molecular complexity index is 698. The van der Waals surface area contributed by atoms with Gasteiger partial charge in [0.2, 0.25) is 0 Å². The molecule has 2 rings (SSSR count). The number of hydrogen-bond acceptors (Lipinski definition) is 4. The molecule has 1 N–H and O–H groups in total. The van der Waals surface area contributed by atoms with Crippen LogP contribution in [0.4, 0.5) is 5.69 Å². The van der Waals surface area contributed by atoms with Gasteiger partial charge in [-0.15, -0.1) is 0 Å². The lowest BCUT2D eigenvalue weighted by atomic mass is 10.2. The summed E-state index contributed by atoms with van der Waals surface area (Å²) in [7, 11) is 0. The minimum atomic E-state index is -0.931. The predicted octanol–water partition coefficient (Wildman–Crippen LogP) is 3.92. The maximum atomic E-state index is 12.1. The van der Waals surface area contributed by atoms with Crippen LogP contribution in [0.2, 0.25) is 5.02 Å². The van der Waals surface area contributed by atoms with Gasteiger partial charge in [0.1, 0.15) is 5.75 Å². The third kappa shape index (κ3) is 4.99. The highest BCUT2D eigenvalue weighted by molar-refractivity contribution is 6.30. The number of hydrogen-bond donors (Lipinski definition) is 1. The molecule has 0 radical (unpaired) electrons. The van der Waals surface area contributed by atoms with Crippen LogP contribution in [-0.2, 0) is 9.53 Å². The average molecular weight is 348 g/mol. The van der Waals surface area contributed by atoms with Crippen molar-refractivity contribution < 1.29 is 19.1 Å². The Morgan fingerprint density at radius 2 is 1.71 bits per heavy atom. The van der Waals surface area contributed by atoms with Gasteiger partial charge in [-0.3, -0.25) is 4.79 Å². The number of esters is 1. The van der Waals surface area contributed by atoms with Crippen molar-refractivity contribution in [1.82, 2.24) is 0 Å². The van der Waals surface area contributed by atoms with Crippen molar-refractivity contribution in [3.63, 3.8) is 0 Å². The highest BCUT2D eigenvalue weighted by atomic mass is 35.5. The van der Waals surface area contributed by atoms with Crippen molar-refractivity contribution in [3.8, 4) is 5.75 Å². The molecule has 0 unspecified atom stereocenters. The molecule has 0 heterocycles. The number of rotatable bonds is 6. The van der Waals surface area contributed by atoms with E-state index in [0.717, 1.165) is 5.75 Å². The van der Waals surface area contributed by atoms with Crippen LogP contribution in [-0.4, -0.2) is 24.6 Å². The van der Waals surface area contributed by atoms with Crippen LogP contribution in [0.15, 0.2) is 48.5 Å². The van der Waals surface area contributed by atoms with Gasteiger partial charge >= 0.3 is 5.97 Å². The lowest BCUT2D eigenvalue weighted by Crippen LogP contribution is -2.29. The van der Waals surface area contributed by atoms with E-state index in [9.17, 15) is 9.59 Å². The van der Waals surface area contributed by atoms with E-state index in [-0.39, 0.29) is 0 Å². The summed E-state index contributed by atoms with van der Waals surface area (Å²) in [6.07, 6.45) is -0.931. The molecule has 5 nitrogen and oxygen atoms in total. The first-order valence-electron chi connectivity index (χ1n) is 7.50. The van der Waals surface area contributed by atoms with E-state index in [2.05, 4.69) is 5.32 Å². The first-order valence-corrected chi connectivity index (χ1v) is 7.87. The third-order valence-corrected chi connectivity index (χ3v) is 3.42. The second kappa shape index (κ2) is 8.36. The molecular formula is C18H18ClNO4. The maximum absolute atomic E-state index is 12.1. The Morgan fingerprint density at radius 3 is 2.29 bits per heavy atom. The quantitative estimate of drug-likeness (QED) is 0.804. The van der Waals surface area contributed by atoms with Gasteiger partial charge < -0.3 is 14.8 Å². The predicted molar refractivity (Wildman–Crippen MR) is 92.6 cm³/mol. The van der Waals surface area contributed by atoms with Crippen LogP contribution in [0.5, 0.6) is 5.75 Å². The number of amides is 1. The number of benzene rings is 2. The second-order valence-corrected chi connectivity index (χ2v) is 5.44. The van der Waals surface area contributed by atoms with Crippen LogP contribution in [0.25, 0.3) is 0 Å². The van der Waals surface area contributed by atoms with E-state index in [1.807, 2.05) is 6.92 Å². The summed E-state index contributed by atoms with van der Waals surface area (Å²) < 4.78 is 10.5. The zero-order valence-corrected chi connectivity index (χ0v) is 14.2. The molecule has 2 aromatic carbocycles. The van der Waals surface area contributed by atoms with E-state index >= 15 is 0 Å². The molecule has 0 spiro atoms. The van der Waals surface area contributed by atoms with E-state index < -0.39 is 18.0 Å². The number of carbonyl (C=O) groups excluding carboxylic acids is 2. The molecule has 0 bridgehead atoms. The number of nitrogens with one attached hydrogen (secondary N) is 1. The molecule has 6 heteroatoms. The van der Waals surface area contributed by atoms with Gasteiger partial charge in [-0.05, 0) is 62.4 Å². The van der Waals surface area contributed by atoms with Gasteiger partial charge in [0.05, 0.1) is 12.2 Å². The number of anilines is 1. The summed E-state index contributed by atoms with van der Waals surface area (Å²) in [5, 5.41) is 3.21. The zero-order valence-electron chi connectivity index (χ0n) is 13.4. The molecule has 0 saturated carbocycles. The van der Waals surface area contributed by atoms with Gasteiger partial charge in [0.25, 0.3) is 5.91 Å². The third-order valence-electron chi connectivity index (χ3n) is 3.17. The standard InChI is InChI=1S/C18H18ClNO4/c1-3-23-16-10-8-15(9-11-16)20-17(21)12(2)24-18(22)13-4-6-14(19)7-5-13/h4-12H,3H2,1-2H3,(H,20,21)/t12-/m0/s1. The molecule has 1 atom stereocenters. The first kappa shape index (κ1) is 17.8. The smallest absolute Gasteiger partial charge is 0.338 e. The highest BCUT2D eigenvalue weighted by Crippen LogP contribution is 2.16. The van der Waals surface area contributed by atoms with Gasteiger partial charge in [-0.2, -0.15) is 0 Å². The van der Waals surface area contributed by atoms with Gasteiger partial charge in [0.15, 0.2) is 6.10 Å². The molecule has 0 aliphatic heterocycles. The highest BCUT2D eigenvalue weighted by Gasteiger charge is 2.19. The fourth-order valence-electron chi connectivity index (χ4n) is 1.91. The summed E-state index contributed by atoms with van der Waals surface area (Å²) in [5.74, 6) is -0.278. The Balaban J connectivity index is 1.91. The fraction of sp³-hybridized carbons (Fsp3) is 0.222. The van der Waals surface area contributed by atoms with Crippen molar-refractivity contribution in [2.24, 2.45) is 0 Å². The summed E-state index contributed by atoms with van der Waals surface area (Å²) >= 11 is 5.77. The van der Waals surface area contributed by atoms with Crippen molar-refractivity contribution in [3.05, 3.63) is 59.1 Å². The molecule has 24 heavy (non-hydrogen) atoms. The summed E-state index contributed by atoms with van der Waals surface area (Å²) in [6.45, 7) is 3.98. The van der Waals surface area contributed by atoms with Gasteiger partial charge in [-0.25, -0.2) is 4.79 Å². The van der Waals surface area contributed by atoms with Gasteiger partial charge in [-0.1, -0.05) is 11.6 Å². The number of ether oxygens (including phenoxy) is 2. The Morgan fingerprint density at radius 1 is 1.08 bits per heavy atom. The van der Waals surface area contributed by atoms with Crippen LogP contribution in [0.1, 0.15) is 24.2 Å². The Kier molecular flexibility index (Phi) is 6.21. The topological polar surface area (TPSA) is 64.6 Å². The zero-order chi connectivity index (χ0) is 17.5. The average Bonchev–Trinajstić information content (AvgIpc) is 2.57. The van der Waals surface area contributed by atoms with Crippen LogP contribution < -0.4 is 10.1 Å². The van der Waals surface area contributed by atoms with E-state index in [1.165, 1.54) is 6.92 Å². The maximum Gasteiger partial charge on any atom is 0.338 e. The van der Waals surface area contributed by atoms with E-state index in [4.69, 9.17) is 21.1 Å². The van der Waals surface area contributed by atoms with Gasteiger partial charge in [0, 0.05) is 10.7 Å². The lowest BCUT2D eigenvalue weighted by Gasteiger charge is -2.14. The molecule has 2 aromatic rings. The molecule has 1 amide bonds.